The Morgan fingerprint density at radius 2 is 2.20 bits per heavy atom. The highest BCUT2D eigenvalue weighted by atomic mass is 32.1. The van der Waals surface area contributed by atoms with Crippen LogP contribution >= 0.6 is 11.3 Å². The lowest BCUT2D eigenvalue weighted by Gasteiger charge is -2.00. The number of azide groups is 1. The number of aromatic nitrogens is 1. The van der Waals surface area contributed by atoms with E-state index < -0.39 is 5.91 Å². The second kappa shape index (κ2) is 4.00. The minimum atomic E-state index is -0.553. The molecule has 2 aromatic heterocycles. The van der Waals surface area contributed by atoms with Crippen LogP contribution in [-0.4, -0.2) is 10.5 Å². The van der Waals surface area contributed by atoms with Crippen molar-refractivity contribution in [1.82, 2.24) is 4.57 Å². The molecule has 0 aliphatic carbocycles. The first-order chi connectivity index (χ1) is 7.33. The standard InChI is InChI=1S/C9H6N4OS/c10-12-11-8(14)7-3-6-15-9(7)13-4-1-2-5-13/h1-6H. The fourth-order valence-electron chi connectivity index (χ4n) is 1.23. The Morgan fingerprint density at radius 1 is 1.47 bits per heavy atom. The summed E-state index contributed by atoms with van der Waals surface area (Å²) in [4.78, 5) is 13.9. The summed E-state index contributed by atoms with van der Waals surface area (Å²) >= 11 is 1.42. The average molecular weight is 218 g/mol. The molecule has 0 aliphatic rings. The van der Waals surface area contributed by atoms with Crippen LogP contribution in [-0.2, 0) is 0 Å². The first kappa shape index (κ1) is 9.51. The van der Waals surface area contributed by atoms with Crippen molar-refractivity contribution in [3.8, 4) is 5.00 Å². The third-order valence-electron chi connectivity index (χ3n) is 1.85. The summed E-state index contributed by atoms with van der Waals surface area (Å²) in [5.41, 5.74) is 8.62. The maximum Gasteiger partial charge on any atom is 0.252 e. The van der Waals surface area contributed by atoms with E-state index in [2.05, 4.69) is 10.0 Å². The predicted octanol–water partition coefficient (Wildman–Crippen LogP) is 2.99. The van der Waals surface area contributed by atoms with E-state index in [0.717, 1.165) is 5.00 Å². The first-order valence-corrected chi connectivity index (χ1v) is 5.01. The van der Waals surface area contributed by atoms with E-state index in [1.165, 1.54) is 11.3 Å². The third kappa shape index (κ3) is 1.76. The van der Waals surface area contributed by atoms with Crippen LogP contribution in [0.4, 0.5) is 0 Å². The van der Waals surface area contributed by atoms with Crippen molar-refractivity contribution in [3.05, 3.63) is 52.0 Å². The van der Waals surface area contributed by atoms with Crippen LogP contribution in [0.5, 0.6) is 0 Å². The fraction of sp³-hybridized carbons (Fsp3) is 0. The molecule has 6 heteroatoms. The highest BCUT2D eigenvalue weighted by Gasteiger charge is 2.11. The van der Waals surface area contributed by atoms with Crippen LogP contribution in [0.1, 0.15) is 10.4 Å². The van der Waals surface area contributed by atoms with Crippen LogP contribution in [0.25, 0.3) is 15.4 Å². The molecule has 0 atom stereocenters. The number of hydrogen-bond acceptors (Lipinski definition) is 2. The molecule has 74 valence electrons. The lowest BCUT2D eigenvalue weighted by Crippen LogP contribution is -1.97. The molecule has 0 unspecified atom stereocenters. The normalized spacial score (nSPS) is 9.60. The molecule has 0 fully saturated rings. The molecular formula is C9H6N4OS. The van der Waals surface area contributed by atoms with Crippen molar-refractivity contribution in [3.63, 3.8) is 0 Å². The van der Waals surface area contributed by atoms with E-state index in [-0.39, 0.29) is 0 Å². The number of carbonyl (C=O) groups is 1. The van der Waals surface area contributed by atoms with Gasteiger partial charge in [-0.1, -0.05) is 0 Å². The topological polar surface area (TPSA) is 70.8 Å². The van der Waals surface area contributed by atoms with Gasteiger partial charge < -0.3 is 4.57 Å². The van der Waals surface area contributed by atoms with Gasteiger partial charge in [-0.3, -0.25) is 4.79 Å². The average Bonchev–Trinajstić information content (AvgIpc) is 2.88. The second-order valence-corrected chi connectivity index (χ2v) is 3.62. The van der Waals surface area contributed by atoms with Crippen molar-refractivity contribution < 1.29 is 4.79 Å². The summed E-state index contributed by atoms with van der Waals surface area (Å²) in [5, 5.41) is 5.62. The Balaban J connectivity index is 2.47. The van der Waals surface area contributed by atoms with Gasteiger partial charge in [-0.25, -0.2) is 0 Å². The highest BCUT2D eigenvalue weighted by molar-refractivity contribution is 7.13. The number of rotatable bonds is 2. The maximum absolute atomic E-state index is 11.4. The Kier molecular flexibility index (Phi) is 2.53. The molecule has 0 radical (unpaired) electrons. The number of amides is 1. The Hall–Kier alpha value is -2.04. The summed E-state index contributed by atoms with van der Waals surface area (Å²) < 4.78 is 1.81. The number of carbonyl (C=O) groups excluding carboxylic acids is 1. The fourth-order valence-corrected chi connectivity index (χ4v) is 2.09. The molecule has 0 saturated heterocycles. The van der Waals surface area contributed by atoms with Crippen molar-refractivity contribution in [2.24, 2.45) is 5.11 Å². The van der Waals surface area contributed by atoms with E-state index in [9.17, 15) is 4.79 Å². The molecule has 2 rings (SSSR count). The van der Waals surface area contributed by atoms with Crippen molar-refractivity contribution in [2.45, 2.75) is 0 Å². The molecule has 2 heterocycles. The molecule has 0 aliphatic heterocycles. The molecule has 0 spiro atoms. The minimum absolute atomic E-state index is 0.425. The van der Waals surface area contributed by atoms with Gasteiger partial charge in [0.15, 0.2) is 0 Å². The quantitative estimate of drug-likeness (QED) is 0.434. The molecule has 0 saturated carbocycles. The zero-order valence-electron chi connectivity index (χ0n) is 7.57. The smallest absolute Gasteiger partial charge is 0.252 e. The number of hydrogen-bond donors (Lipinski definition) is 0. The van der Waals surface area contributed by atoms with Gasteiger partial charge in [-0.05, 0) is 34.2 Å². The summed E-state index contributed by atoms with van der Waals surface area (Å²) in [5.74, 6) is -0.553. The number of thiophene rings is 1. The van der Waals surface area contributed by atoms with Gasteiger partial charge in [0.25, 0.3) is 5.91 Å². The van der Waals surface area contributed by atoms with Crippen LogP contribution in [0.2, 0.25) is 0 Å². The predicted molar refractivity (Wildman–Crippen MR) is 57.1 cm³/mol. The number of nitrogens with zero attached hydrogens (tertiary/aromatic N) is 4. The van der Waals surface area contributed by atoms with E-state index in [0.29, 0.717) is 5.56 Å². The van der Waals surface area contributed by atoms with Crippen molar-refractivity contribution >= 4 is 17.2 Å². The van der Waals surface area contributed by atoms with E-state index in [1.54, 1.807) is 11.4 Å². The van der Waals surface area contributed by atoms with E-state index >= 15 is 0 Å². The van der Waals surface area contributed by atoms with Crippen LogP contribution in [0.3, 0.4) is 0 Å². The van der Waals surface area contributed by atoms with Gasteiger partial charge in [0, 0.05) is 17.3 Å². The highest BCUT2D eigenvalue weighted by Crippen LogP contribution is 2.22. The summed E-state index contributed by atoms with van der Waals surface area (Å²) in [6.07, 6.45) is 3.66. The van der Waals surface area contributed by atoms with Crippen LogP contribution < -0.4 is 0 Å². The van der Waals surface area contributed by atoms with Crippen LogP contribution in [0.15, 0.2) is 41.1 Å². The third-order valence-corrected chi connectivity index (χ3v) is 2.78. The molecule has 1 amide bonds. The van der Waals surface area contributed by atoms with Gasteiger partial charge >= 0.3 is 0 Å². The lowest BCUT2D eigenvalue weighted by molar-refractivity contribution is 0.100. The zero-order chi connectivity index (χ0) is 10.7. The minimum Gasteiger partial charge on any atom is -0.315 e. The second-order valence-electron chi connectivity index (χ2n) is 2.72. The van der Waals surface area contributed by atoms with Crippen LogP contribution in [0, 0.1) is 0 Å². The van der Waals surface area contributed by atoms with Crippen molar-refractivity contribution in [1.29, 1.82) is 0 Å². The van der Waals surface area contributed by atoms with E-state index in [4.69, 9.17) is 5.53 Å². The Labute approximate surface area is 89.2 Å². The van der Waals surface area contributed by atoms with Gasteiger partial charge in [-0.2, -0.15) is 0 Å². The Bertz CT molecular complexity index is 522. The summed E-state index contributed by atoms with van der Waals surface area (Å²) in [6, 6.07) is 5.38. The molecule has 2 aromatic rings. The molecule has 5 nitrogen and oxygen atoms in total. The van der Waals surface area contributed by atoms with Gasteiger partial charge in [0.05, 0.1) is 5.56 Å². The molecular weight excluding hydrogens is 212 g/mol. The maximum atomic E-state index is 11.4. The van der Waals surface area contributed by atoms with Gasteiger partial charge in [0.1, 0.15) is 5.00 Å². The summed E-state index contributed by atoms with van der Waals surface area (Å²) in [6.45, 7) is 0. The molecule has 0 bridgehead atoms. The molecule has 0 N–H and O–H groups in total. The first-order valence-electron chi connectivity index (χ1n) is 4.13. The SMILES string of the molecule is [N-]=[N+]=NC(=O)c1ccsc1-n1cccc1. The monoisotopic (exact) mass is 218 g/mol. The van der Waals surface area contributed by atoms with Gasteiger partial charge in [-0.15, -0.1) is 11.3 Å². The summed E-state index contributed by atoms with van der Waals surface area (Å²) in [7, 11) is 0. The van der Waals surface area contributed by atoms with E-state index in [1.807, 2.05) is 29.1 Å². The molecule has 0 aromatic carbocycles. The van der Waals surface area contributed by atoms with Crippen molar-refractivity contribution in [2.75, 3.05) is 0 Å². The van der Waals surface area contributed by atoms with Gasteiger partial charge in [0.2, 0.25) is 0 Å². The molecule has 15 heavy (non-hydrogen) atoms. The largest absolute Gasteiger partial charge is 0.315 e. The zero-order valence-corrected chi connectivity index (χ0v) is 8.39. The lowest BCUT2D eigenvalue weighted by atomic mass is 10.3. The Morgan fingerprint density at radius 3 is 2.87 bits per heavy atom.